The summed E-state index contributed by atoms with van der Waals surface area (Å²) >= 11 is 0. The van der Waals surface area contributed by atoms with Gasteiger partial charge < -0.3 is 10.1 Å². The lowest BCUT2D eigenvalue weighted by molar-refractivity contribution is -0.120. The van der Waals surface area contributed by atoms with Crippen LogP contribution >= 0.6 is 0 Å². The van der Waals surface area contributed by atoms with E-state index in [0.29, 0.717) is 18.3 Å². The van der Waals surface area contributed by atoms with E-state index in [4.69, 9.17) is 4.74 Å². The molecule has 0 radical (unpaired) electrons. The molecule has 1 aliphatic carbocycles. The smallest absolute Gasteiger partial charge is 0.228 e. The molecule has 0 saturated carbocycles. The van der Waals surface area contributed by atoms with Crippen molar-refractivity contribution in [1.82, 2.24) is 9.97 Å². The third-order valence-corrected chi connectivity index (χ3v) is 3.76. The van der Waals surface area contributed by atoms with Gasteiger partial charge in [-0.05, 0) is 24.8 Å². The first kappa shape index (κ1) is 15.2. The van der Waals surface area contributed by atoms with Crippen LogP contribution in [0.3, 0.4) is 0 Å². The maximum absolute atomic E-state index is 12.2. The number of allylic oxidation sites excluding steroid dienone is 2. The second-order valence-electron chi connectivity index (χ2n) is 5.49. The van der Waals surface area contributed by atoms with Crippen molar-refractivity contribution in [2.45, 2.75) is 25.9 Å². The number of carbonyl (C=O) groups is 1. The van der Waals surface area contributed by atoms with Gasteiger partial charge in [-0.25, -0.2) is 9.97 Å². The lowest BCUT2D eigenvalue weighted by Crippen LogP contribution is -2.24. The van der Waals surface area contributed by atoms with Crippen molar-refractivity contribution in [2.24, 2.45) is 5.92 Å². The Kier molecular flexibility index (Phi) is 4.99. The Morgan fingerprint density at radius 1 is 1.22 bits per heavy atom. The van der Waals surface area contributed by atoms with Crippen LogP contribution in [0, 0.1) is 5.92 Å². The van der Waals surface area contributed by atoms with E-state index in [-0.39, 0.29) is 11.8 Å². The number of rotatable bonds is 5. The van der Waals surface area contributed by atoms with Gasteiger partial charge in [0.2, 0.25) is 11.8 Å². The molecular weight excluding hydrogens is 290 g/mol. The Labute approximate surface area is 135 Å². The predicted octanol–water partition coefficient (Wildman–Crippen LogP) is 3.35. The summed E-state index contributed by atoms with van der Waals surface area (Å²) in [5.41, 5.74) is 1.06. The van der Waals surface area contributed by atoms with Gasteiger partial charge >= 0.3 is 0 Å². The topological polar surface area (TPSA) is 64.1 Å². The number of nitrogens with zero attached hydrogens (tertiary/aromatic N) is 2. The summed E-state index contributed by atoms with van der Waals surface area (Å²) in [7, 11) is 0. The molecule has 118 valence electrons. The number of amides is 1. The highest BCUT2D eigenvalue weighted by Gasteiger charge is 2.19. The Morgan fingerprint density at radius 3 is 2.87 bits per heavy atom. The Balaban J connectivity index is 1.58. The molecule has 0 fully saturated rings. The predicted molar refractivity (Wildman–Crippen MR) is 87.9 cm³/mol. The van der Waals surface area contributed by atoms with Crippen molar-refractivity contribution >= 4 is 11.7 Å². The van der Waals surface area contributed by atoms with E-state index in [1.165, 1.54) is 6.33 Å². The largest absolute Gasteiger partial charge is 0.473 e. The van der Waals surface area contributed by atoms with Crippen LogP contribution in [0.5, 0.6) is 5.88 Å². The van der Waals surface area contributed by atoms with E-state index in [9.17, 15) is 4.79 Å². The lowest BCUT2D eigenvalue weighted by Gasteiger charge is -2.16. The minimum Gasteiger partial charge on any atom is -0.473 e. The minimum atomic E-state index is 0.00191. The monoisotopic (exact) mass is 309 g/mol. The van der Waals surface area contributed by atoms with Crippen LogP contribution in [-0.2, 0) is 11.4 Å². The van der Waals surface area contributed by atoms with Crippen molar-refractivity contribution < 1.29 is 9.53 Å². The van der Waals surface area contributed by atoms with Crippen molar-refractivity contribution in [3.8, 4) is 5.88 Å². The highest BCUT2D eigenvalue weighted by atomic mass is 16.5. The molecular formula is C18H19N3O2. The number of ether oxygens (including phenoxy) is 1. The average Bonchev–Trinajstić information content (AvgIpc) is 2.62. The van der Waals surface area contributed by atoms with Crippen LogP contribution in [-0.4, -0.2) is 15.9 Å². The van der Waals surface area contributed by atoms with Gasteiger partial charge in [0.1, 0.15) is 18.8 Å². The number of benzene rings is 1. The summed E-state index contributed by atoms with van der Waals surface area (Å²) in [5.74, 6) is 0.941. The Hall–Kier alpha value is -2.69. The molecule has 5 nitrogen and oxygen atoms in total. The molecule has 0 aliphatic heterocycles. The van der Waals surface area contributed by atoms with Gasteiger partial charge in [0.25, 0.3) is 0 Å². The van der Waals surface area contributed by atoms with Crippen molar-refractivity contribution in [1.29, 1.82) is 0 Å². The average molecular weight is 309 g/mol. The van der Waals surface area contributed by atoms with Crippen LogP contribution in [0.15, 0.2) is 54.9 Å². The van der Waals surface area contributed by atoms with Crippen molar-refractivity contribution in [3.05, 3.63) is 60.4 Å². The SMILES string of the molecule is O=C(Nc1cc(OCc2ccccc2)ncn1)[C@@H]1CC=CCC1. The zero-order chi connectivity index (χ0) is 15.9. The molecule has 1 aromatic carbocycles. The number of carbonyl (C=O) groups excluding carboxylic acids is 1. The van der Waals surface area contributed by atoms with Gasteiger partial charge in [-0.2, -0.15) is 0 Å². The second-order valence-corrected chi connectivity index (χ2v) is 5.49. The summed E-state index contributed by atoms with van der Waals surface area (Å²) in [4.78, 5) is 20.4. The van der Waals surface area contributed by atoms with E-state index in [1.54, 1.807) is 6.07 Å². The second kappa shape index (κ2) is 7.54. The maximum Gasteiger partial charge on any atom is 0.228 e. The summed E-state index contributed by atoms with van der Waals surface area (Å²) in [6, 6.07) is 11.5. The maximum atomic E-state index is 12.2. The van der Waals surface area contributed by atoms with Crippen LogP contribution in [0.1, 0.15) is 24.8 Å². The van der Waals surface area contributed by atoms with E-state index in [0.717, 1.165) is 24.8 Å². The number of hydrogen-bond acceptors (Lipinski definition) is 4. The zero-order valence-corrected chi connectivity index (χ0v) is 12.8. The fourth-order valence-corrected chi connectivity index (χ4v) is 2.48. The highest BCUT2D eigenvalue weighted by molar-refractivity contribution is 5.91. The molecule has 0 saturated heterocycles. The third kappa shape index (κ3) is 4.39. The van der Waals surface area contributed by atoms with Gasteiger partial charge in [-0.1, -0.05) is 42.5 Å². The molecule has 5 heteroatoms. The molecule has 0 spiro atoms. The summed E-state index contributed by atoms with van der Waals surface area (Å²) in [5, 5.41) is 2.85. The van der Waals surface area contributed by atoms with Crippen LogP contribution in [0.2, 0.25) is 0 Å². The fraction of sp³-hybridized carbons (Fsp3) is 0.278. The molecule has 23 heavy (non-hydrogen) atoms. The molecule has 1 aliphatic rings. The van der Waals surface area contributed by atoms with E-state index in [2.05, 4.69) is 27.4 Å². The lowest BCUT2D eigenvalue weighted by atomic mass is 9.94. The minimum absolute atomic E-state index is 0.00191. The quantitative estimate of drug-likeness (QED) is 0.860. The standard InChI is InChI=1S/C18H19N3O2/c22-18(15-9-5-2-6-10-15)21-16-11-17(20-13-19-16)23-12-14-7-3-1-4-8-14/h1-5,7-8,11,13,15H,6,9-10,12H2,(H,19,20,21,22)/t15-/m1/s1. The van der Waals surface area contributed by atoms with E-state index in [1.807, 2.05) is 30.3 Å². The molecule has 1 atom stereocenters. The molecule has 1 heterocycles. The molecule has 1 N–H and O–H groups in total. The van der Waals surface area contributed by atoms with E-state index >= 15 is 0 Å². The van der Waals surface area contributed by atoms with Crippen LogP contribution in [0.4, 0.5) is 5.82 Å². The Bertz CT molecular complexity index is 686. The van der Waals surface area contributed by atoms with Gasteiger partial charge in [-0.15, -0.1) is 0 Å². The number of anilines is 1. The van der Waals surface area contributed by atoms with Gasteiger partial charge in [0.05, 0.1) is 0 Å². The highest BCUT2D eigenvalue weighted by Crippen LogP contribution is 2.20. The van der Waals surface area contributed by atoms with E-state index < -0.39 is 0 Å². The van der Waals surface area contributed by atoms with Crippen LogP contribution in [0.25, 0.3) is 0 Å². The fourth-order valence-electron chi connectivity index (χ4n) is 2.48. The number of hydrogen-bond donors (Lipinski definition) is 1. The van der Waals surface area contributed by atoms with Gasteiger partial charge in [0, 0.05) is 12.0 Å². The normalized spacial score (nSPS) is 16.8. The van der Waals surface area contributed by atoms with Gasteiger partial charge in [-0.3, -0.25) is 4.79 Å². The first-order valence-corrected chi connectivity index (χ1v) is 7.76. The van der Waals surface area contributed by atoms with Crippen molar-refractivity contribution in [2.75, 3.05) is 5.32 Å². The number of nitrogens with one attached hydrogen (secondary N) is 1. The Morgan fingerprint density at radius 2 is 2.09 bits per heavy atom. The molecule has 1 aromatic heterocycles. The van der Waals surface area contributed by atoms with Crippen molar-refractivity contribution in [3.63, 3.8) is 0 Å². The third-order valence-electron chi connectivity index (χ3n) is 3.76. The molecule has 0 bridgehead atoms. The van der Waals surface area contributed by atoms with Gasteiger partial charge in [0.15, 0.2) is 0 Å². The zero-order valence-electron chi connectivity index (χ0n) is 12.8. The summed E-state index contributed by atoms with van der Waals surface area (Å²) < 4.78 is 5.65. The van der Waals surface area contributed by atoms with Crippen LogP contribution < -0.4 is 10.1 Å². The molecule has 0 unspecified atom stereocenters. The first-order valence-electron chi connectivity index (χ1n) is 7.76. The first-order chi connectivity index (χ1) is 11.3. The number of aromatic nitrogens is 2. The summed E-state index contributed by atoms with van der Waals surface area (Å²) in [6.45, 7) is 0.429. The molecule has 3 rings (SSSR count). The summed E-state index contributed by atoms with van der Waals surface area (Å²) in [6.07, 6.45) is 8.19. The molecule has 1 amide bonds. The molecule has 2 aromatic rings.